The minimum Gasteiger partial charge on any atom is -0.449 e. The van der Waals surface area contributed by atoms with Crippen molar-refractivity contribution in [3.8, 4) is 10.4 Å². The van der Waals surface area contributed by atoms with Gasteiger partial charge in [-0.3, -0.25) is 14.4 Å². The van der Waals surface area contributed by atoms with Crippen molar-refractivity contribution in [2.75, 3.05) is 13.2 Å². The third-order valence-corrected chi connectivity index (χ3v) is 15.4. The molecule has 0 radical (unpaired) electrons. The SMILES string of the molecule is Cc1ncsc1-c1ccc(CNC(=O)[C@@H]2C[C@@H](O)CN2C(=O)[C@@H](NC(=O)Cc2ccc(CNC(=O)OCC[C@H]3O[C@@H]4O[C@@]5(C)CC[C@H]6[C@H](C)CC[C@@H]([C@H]3C)[C@@]46OO5)cc2)C(C)(C)C)cc1. The maximum atomic E-state index is 14.1. The van der Waals surface area contributed by atoms with Gasteiger partial charge in [0.15, 0.2) is 11.9 Å². The third-order valence-electron chi connectivity index (χ3n) is 14.5. The van der Waals surface area contributed by atoms with Gasteiger partial charge >= 0.3 is 6.09 Å². The molecule has 1 aromatic heterocycles. The van der Waals surface area contributed by atoms with Crippen molar-refractivity contribution < 1.29 is 48.3 Å². The van der Waals surface area contributed by atoms with Gasteiger partial charge in [-0.1, -0.05) is 83.1 Å². The molecule has 5 saturated heterocycles. The van der Waals surface area contributed by atoms with Crippen LogP contribution in [-0.2, 0) is 57.9 Å². The van der Waals surface area contributed by atoms with Crippen LogP contribution < -0.4 is 16.0 Å². The van der Waals surface area contributed by atoms with Crippen LogP contribution in [-0.4, -0.2) is 93.9 Å². The molecule has 16 heteroatoms. The molecule has 2 aromatic carbocycles. The second kappa shape index (κ2) is 19.0. The van der Waals surface area contributed by atoms with E-state index in [1.165, 1.54) is 4.90 Å². The van der Waals surface area contributed by atoms with Gasteiger partial charge in [-0.25, -0.2) is 19.6 Å². The predicted octanol–water partition coefficient (Wildman–Crippen LogP) is 6.34. The van der Waals surface area contributed by atoms with Crippen LogP contribution >= 0.6 is 11.3 Å². The molecule has 11 atom stereocenters. The number of rotatable bonds is 13. The molecule has 1 aliphatic carbocycles. The summed E-state index contributed by atoms with van der Waals surface area (Å²) in [6.45, 7) is 14.6. The summed E-state index contributed by atoms with van der Waals surface area (Å²) in [6, 6.07) is 13.3. The maximum absolute atomic E-state index is 14.1. The van der Waals surface area contributed by atoms with Crippen LogP contribution in [0.25, 0.3) is 10.4 Å². The number of aliphatic hydroxyl groups is 1. The molecule has 6 aliphatic rings. The quantitative estimate of drug-likeness (QED) is 0.140. The Balaban J connectivity index is 0.789. The van der Waals surface area contributed by atoms with Crippen molar-refractivity contribution in [2.45, 2.75) is 148 Å². The highest BCUT2D eigenvalue weighted by atomic mass is 32.1. The first kappa shape index (κ1) is 47.1. The zero-order chi connectivity index (χ0) is 46.3. The van der Waals surface area contributed by atoms with Crippen molar-refractivity contribution in [1.82, 2.24) is 25.8 Å². The first-order valence-electron chi connectivity index (χ1n) is 23.2. The molecule has 5 aliphatic heterocycles. The van der Waals surface area contributed by atoms with Crippen molar-refractivity contribution in [2.24, 2.45) is 29.1 Å². The highest BCUT2D eigenvalue weighted by Gasteiger charge is 2.69. The molecule has 0 unspecified atom stereocenters. The second-order valence-corrected chi connectivity index (χ2v) is 21.0. The largest absolute Gasteiger partial charge is 0.449 e. The fraction of sp³-hybridized carbons (Fsp3) is 0.612. The number of fused-ring (bicyclic) bond motifs is 2. The van der Waals surface area contributed by atoms with Crippen LogP contribution in [0.2, 0.25) is 0 Å². The molecule has 3 aromatic rings. The minimum atomic E-state index is -0.951. The summed E-state index contributed by atoms with van der Waals surface area (Å²) >= 11 is 1.57. The Kier molecular flexibility index (Phi) is 13.8. The van der Waals surface area contributed by atoms with E-state index in [1.54, 1.807) is 11.3 Å². The van der Waals surface area contributed by atoms with E-state index in [4.69, 9.17) is 24.0 Å². The first-order chi connectivity index (χ1) is 30.9. The zero-order valence-electron chi connectivity index (χ0n) is 38.6. The van der Waals surface area contributed by atoms with E-state index < -0.39 is 53.3 Å². The van der Waals surface area contributed by atoms with Gasteiger partial charge in [-0.2, -0.15) is 0 Å². The van der Waals surface area contributed by atoms with E-state index in [2.05, 4.69) is 34.8 Å². The Hall–Kier alpha value is -4.45. The van der Waals surface area contributed by atoms with Crippen LogP contribution in [0.15, 0.2) is 54.0 Å². The highest BCUT2D eigenvalue weighted by molar-refractivity contribution is 7.13. The third kappa shape index (κ3) is 9.98. The molecule has 4 amide bonds. The highest BCUT2D eigenvalue weighted by Crippen LogP contribution is 2.60. The molecular weight excluding hydrogens is 851 g/mol. The number of ether oxygens (including phenoxy) is 3. The van der Waals surface area contributed by atoms with Crippen LogP contribution in [0.5, 0.6) is 0 Å². The van der Waals surface area contributed by atoms with Gasteiger partial charge in [-0.15, -0.1) is 11.3 Å². The lowest BCUT2D eigenvalue weighted by molar-refractivity contribution is -0.571. The number of hydrogen-bond donors (Lipinski definition) is 4. The van der Waals surface area contributed by atoms with E-state index in [-0.39, 0.29) is 74.8 Å². The van der Waals surface area contributed by atoms with Crippen molar-refractivity contribution >= 4 is 35.2 Å². The van der Waals surface area contributed by atoms with Gasteiger partial charge in [-0.05, 0) is 78.5 Å². The fourth-order valence-electron chi connectivity index (χ4n) is 10.8. The number of nitrogens with one attached hydrogen (secondary N) is 3. The van der Waals surface area contributed by atoms with Crippen LogP contribution in [0.4, 0.5) is 4.79 Å². The number of carbonyl (C=O) groups excluding carboxylic acids is 4. The van der Waals surface area contributed by atoms with Gasteiger partial charge in [0.2, 0.25) is 23.5 Å². The molecule has 352 valence electrons. The smallest absolute Gasteiger partial charge is 0.407 e. The Morgan fingerprint density at radius 3 is 2.34 bits per heavy atom. The standard InChI is InChI=1S/C49H65N5O10S/c1-28-8-17-37-29(2)39(61-45-49(37)36(28)18-20-48(7,62-45)63-64-49)19-21-60-46(59)51-25-32-11-9-31(10-12-32)22-40(56)53-42(47(4,5)6)44(58)54-26-35(55)23-38(54)43(57)50-24-33-13-15-34(16-14-33)41-30(3)52-27-65-41/h9-16,27-29,35-39,42,45,55H,8,17-26H2,1-7H3,(H,50,57)(H,51,59)(H,53,56)/t28-,29-,35-,36+,37+,38+,39-,42-,45-,48-,49-/m1/s1. The fourth-order valence-corrected chi connectivity index (χ4v) is 11.6. The van der Waals surface area contributed by atoms with E-state index in [0.717, 1.165) is 58.5 Å². The molecule has 9 rings (SSSR count). The van der Waals surface area contributed by atoms with Gasteiger partial charge in [0, 0.05) is 44.8 Å². The summed E-state index contributed by atoms with van der Waals surface area (Å²) in [5.74, 6) is -0.855. The minimum absolute atomic E-state index is 0.0110. The summed E-state index contributed by atoms with van der Waals surface area (Å²) in [5, 5.41) is 19.3. The summed E-state index contributed by atoms with van der Waals surface area (Å²) in [5.41, 5.74) is 4.94. The van der Waals surface area contributed by atoms with Crippen molar-refractivity contribution in [3.05, 3.63) is 76.4 Å². The normalized spacial score (nSPS) is 31.0. The number of thiazole rings is 1. The number of aliphatic hydroxyl groups excluding tert-OH is 1. The Bertz CT molecular complexity index is 2200. The Morgan fingerprint density at radius 1 is 0.954 bits per heavy atom. The number of aromatic nitrogens is 1. The van der Waals surface area contributed by atoms with E-state index in [0.29, 0.717) is 12.3 Å². The number of carbonyl (C=O) groups is 4. The topological polar surface area (TPSA) is 187 Å². The number of nitrogens with zero attached hydrogens (tertiary/aromatic N) is 2. The number of hydrogen-bond acceptors (Lipinski definition) is 12. The average Bonchev–Trinajstić information content (AvgIpc) is 3.81. The molecule has 1 saturated carbocycles. The van der Waals surface area contributed by atoms with E-state index in [9.17, 15) is 24.3 Å². The molecule has 2 bridgehead atoms. The zero-order valence-corrected chi connectivity index (χ0v) is 39.4. The number of alkyl carbamates (subject to hydrolysis) is 1. The number of aryl methyl sites for hydroxylation is 1. The average molecular weight is 916 g/mol. The first-order valence-corrected chi connectivity index (χ1v) is 24.1. The molecule has 6 fully saturated rings. The second-order valence-electron chi connectivity index (χ2n) is 20.2. The lowest BCUT2D eigenvalue weighted by Crippen LogP contribution is -2.70. The summed E-state index contributed by atoms with van der Waals surface area (Å²) < 4.78 is 18.7. The summed E-state index contributed by atoms with van der Waals surface area (Å²) in [6.07, 6.45) is 2.36. The summed E-state index contributed by atoms with van der Waals surface area (Å²) in [4.78, 5) is 72.8. The van der Waals surface area contributed by atoms with Crippen molar-refractivity contribution in [1.29, 1.82) is 0 Å². The van der Waals surface area contributed by atoms with Crippen LogP contribution in [0.1, 0.15) is 102 Å². The molecule has 6 heterocycles. The predicted molar refractivity (Wildman–Crippen MR) is 241 cm³/mol. The van der Waals surface area contributed by atoms with Crippen molar-refractivity contribution in [3.63, 3.8) is 0 Å². The van der Waals surface area contributed by atoms with E-state index in [1.807, 2.05) is 88.7 Å². The molecule has 4 N–H and O–H groups in total. The number of likely N-dealkylation sites (tertiary alicyclic amines) is 1. The molecule has 15 nitrogen and oxygen atoms in total. The Labute approximate surface area is 385 Å². The lowest BCUT2D eigenvalue weighted by atomic mass is 9.57. The summed E-state index contributed by atoms with van der Waals surface area (Å²) in [7, 11) is 0. The van der Waals surface area contributed by atoms with E-state index >= 15 is 0 Å². The van der Waals surface area contributed by atoms with Crippen LogP contribution in [0.3, 0.4) is 0 Å². The van der Waals surface area contributed by atoms with Gasteiger partial charge < -0.3 is 40.2 Å². The van der Waals surface area contributed by atoms with Gasteiger partial charge in [0.05, 0.1) is 41.3 Å². The molecule has 65 heavy (non-hydrogen) atoms. The molecular formula is C49H65N5O10S. The number of benzene rings is 2. The van der Waals surface area contributed by atoms with Gasteiger partial charge in [0.1, 0.15) is 12.1 Å². The van der Waals surface area contributed by atoms with Crippen LogP contribution in [0, 0.1) is 36.0 Å². The Morgan fingerprint density at radius 2 is 1.65 bits per heavy atom. The lowest BCUT2D eigenvalue weighted by Gasteiger charge is -2.60. The number of amides is 4. The molecule has 1 spiro atoms. The maximum Gasteiger partial charge on any atom is 0.407 e. The number of β-amino-alcohol motifs (C(OH)–C–C–N with tert-alkyl or cyclic N) is 1. The van der Waals surface area contributed by atoms with Gasteiger partial charge in [0.25, 0.3) is 0 Å². The monoisotopic (exact) mass is 915 g/mol.